The van der Waals surface area contributed by atoms with Crippen LogP contribution < -0.4 is 4.90 Å². The number of nitrogens with zero attached hydrogens (tertiary/aromatic N) is 5. The normalized spacial score (nSPS) is 16.0. The Bertz CT molecular complexity index is 875. The van der Waals surface area contributed by atoms with Crippen LogP contribution in [0, 0.1) is 19.8 Å². The number of hydrogen-bond acceptors (Lipinski definition) is 4. The van der Waals surface area contributed by atoms with Crippen molar-refractivity contribution in [2.24, 2.45) is 5.92 Å². The van der Waals surface area contributed by atoms with Crippen LogP contribution in [0.2, 0.25) is 0 Å². The van der Waals surface area contributed by atoms with E-state index in [1.54, 1.807) is 6.33 Å². The molecule has 0 amide bonds. The van der Waals surface area contributed by atoms with Crippen LogP contribution in [0.5, 0.6) is 0 Å². The van der Waals surface area contributed by atoms with Gasteiger partial charge in [-0.3, -0.25) is 0 Å². The van der Waals surface area contributed by atoms with E-state index in [2.05, 4.69) is 58.9 Å². The smallest absolute Gasteiger partial charge is 0.168 e. The van der Waals surface area contributed by atoms with Gasteiger partial charge >= 0.3 is 0 Å². The monoisotopic (exact) mass is 321 g/mol. The molecule has 4 rings (SSSR count). The van der Waals surface area contributed by atoms with Crippen LogP contribution >= 0.6 is 0 Å². The highest BCUT2D eigenvalue weighted by atomic mass is 15.3. The van der Waals surface area contributed by atoms with E-state index >= 15 is 0 Å². The molecule has 1 aliphatic heterocycles. The molecule has 1 aliphatic rings. The maximum absolute atomic E-state index is 4.61. The van der Waals surface area contributed by atoms with Crippen molar-refractivity contribution in [3.63, 3.8) is 0 Å². The standard InChI is InChI=1S/C19H23N5/c1-13-6-8-23(9-7-13)18-16-11-22-24(19(16)21-12-20-18)17-5-4-14(2)10-15(17)3/h4-5,10-13H,6-9H2,1-3H3. The first-order valence-corrected chi connectivity index (χ1v) is 8.65. The van der Waals surface area contributed by atoms with Crippen molar-refractivity contribution >= 4 is 16.9 Å². The summed E-state index contributed by atoms with van der Waals surface area (Å²) in [6.07, 6.45) is 6.01. The van der Waals surface area contributed by atoms with Gasteiger partial charge in [0, 0.05) is 13.1 Å². The summed E-state index contributed by atoms with van der Waals surface area (Å²) >= 11 is 0. The highest BCUT2D eigenvalue weighted by molar-refractivity contribution is 5.87. The minimum Gasteiger partial charge on any atom is -0.356 e. The molecule has 1 aromatic carbocycles. The molecule has 0 aliphatic carbocycles. The predicted molar refractivity (Wildman–Crippen MR) is 96.7 cm³/mol. The number of fused-ring (bicyclic) bond motifs is 1. The zero-order chi connectivity index (χ0) is 16.7. The quantitative estimate of drug-likeness (QED) is 0.722. The van der Waals surface area contributed by atoms with Crippen LogP contribution in [0.4, 0.5) is 5.82 Å². The van der Waals surface area contributed by atoms with E-state index in [1.165, 1.54) is 24.0 Å². The van der Waals surface area contributed by atoms with E-state index < -0.39 is 0 Å². The number of aryl methyl sites for hydroxylation is 2. The third-order valence-corrected chi connectivity index (χ3v) is 5.01. The molecule has 0 bridgehead atoms. The predicted octanol–water partition coefficient (Wildman–Crippen LogP) is 3.67. The van der Waals surface area contributed by atoms with Gasteiger partial charge in [-0.1, -0.05) is 24.6 Å². The molecule has 0 unspecified atom stereocenters. The van der Waals surface area contributed by atoms with E-state index in [1.807, 2.05) is 10.9 Å². The van der Waals surface area contributed by atoms with Crippen LogP contribution in [0.15, 0.2) is 30.7 Å². The number of rotatable bonds is 2. The topological polar surface area (TPSA) is 46.8 Å². The largest absolute Gasteiger partial charge is 0.356 e. The van der Waals surface area contributed by atoms with Crippen molar-refractivity contribution in [1.82, 2.24) is 19.7 Å². The van der Waals surface area contributed by atoms with Gasteiger partial charge in [-0.15, -0.1) is 0 Å². The van der Waals surface area contributed by atoms with Crippen molar-refractivity contribution in [1.29, 1.82) is 0 Å². The molecule has 0 radical (unpaired) electrons. The third kappa shape index (κ3) is 2.54. The molecular weight excluding hydrogens is 298 g/mol. The summed E-state index contributed by atoms with van der Waals surface area (Å²) in [5, 5.41) is 5.65. The van der Waals surface area contributed by atoms with Gasteiger partial charge in [0.25, 0.3) is 0 Å². The molecule has 1 saturated heterocycles. The molecule has 5 heteroatoms. The summed E-state index contributed by atoms with van der Waals surface area (Å²) in [7, 11) is 0. The average molecular weight is 321 g/mol. The maximum atomic E-state index is 4.61. The Morgan fingerprint density at radius 3 is 2.62 bits per heavy atom. The van der Waals surface area contributed by atoms with Crippen LogP contribution in [0.25, 0.3) is 16.7 Å². The number of anilines is 1. The van der Waals surface area contributed by atoms with Gasteiger partial charge in [0.05, 0.1) is 17.3 Å². The van der Waals surface area contributed by atoms with E-state index in [4.69, 9.17) is 0 Å². The van der Waals surface area contributed by atoms with Gasteiger partial charge in [-0.05, 0) is 44.2 Å². The van der Waals surface area contributed by atoms with Gasteiger partial charge < -0.3 is 4.90 Å². The number of piperidine rings is 1. The van der Waals surface area contributed by atoms with Crippen molar-refractivity contribution in [2.45, 2.75) is 33.6 Å². The first-order chi connectivity index (χ1) is 11.6. The minimum atomic E-state index is 0.802. The van der Waals surface area contributed by atoms with Crippen LogP contribution in [-0.4, -0.2) is 32.8 Å². The van der Waals surface area contributed by atoms with Gasteiger partial charge in [-0.2, -0.15) is 5.10 Å². The Morgan fingerprint density at radius 2 is 1.88 bits per heavy atom. The van der Waals surface area contributed by atoms with Crippen molar-refractivity contribution < 1.29 is 0 Å². The van der Waals surface area contributed by atoms with Crippen molar-refractivity contribution in [2.75, 3.05) is 18.0 Å². The maximum Gasteiger partial charge on any atom is 0.168 e. The Hall–Kier alpha value is -2.43. The zero-order valence-corrected chi connectivity index (χ0v) is 14.5. The molecular formula is C19H23N5. The summed E-state index contributed by atoms with van der Waals surface area (Å²) in [5.74, 6) is 1.82. The van der Waals surface area contributed by atoms with Crippen LogP contribution in [0.1, 0.15) is 30.9 Å². The Morgan fingerprint density at radius 1 is 1.08 bits per heavy atom. The first kappa shape index (κ1) is 15.1. The van der Waals surface area contributed by atoms with Crippen molar-refractivity contribution in [3.8, 4) is 5.69 Å². The zero-order valence-electron chi connectivity index (χ0n) is 14.5. The SMILES string of the molecule is Cc1ccc(-n2ncc3c(N4CCC(C)CC4)ncnc32)c(C)c1. The van der Waals surface area contributed by atoms with Gasteiger partial charge in [-0.25, -0.2) is 14.6 Å². The second kappa shape index (κ2) is 5.89. The third-order valence-electron chi connectivity index (χ3n) is 5.01. The summed E-state index contributed by atoms with van der Waals surface area (Å²) in [6, 6.07) is 6.41. The lowest BCUT2D eigenvalue weighted by Gasteiger charge is -2.31. The van der Waals surface area contributed by atoms with Crippen molar-refractivity contribution in [3.05, 3.63) is 41.9 Å². The fraction of sp³-hybridized carbons (Fsp3) is 0.421. The van der Waals surface area contributed by atoms with E-state index in [9.17, 15) is 0 Å². The molecule has 24 heavy (non-hydrogen) atoms. The van der Waals surface area contributed by atoms with Crippen LogP contribution in [0.3, 0.4) is 0 Å². The lowest BCUT2D eigenvalue weighted by atomic mass is 9.99. The lowest BCUT2D eigenvalue weighted by Crippen LogP contribution is -2.33. The van der Waals surface area contributed by atoms with Crippen LogP contribution in [-0.2, 0) is 0 Å². The molecule has 0 spiro atoms. The molecule has 0 atom stereocenters. The Balaban J connectivity index is 1.79. The summed E-state index contributed by atoms with van der Waals surface area (Å²) in [4.78, 5) is 11.4. The first-order valence-electron chi connectivity index (χ1n) is 8.65. The molecule has 5 nitrogen and oxygen atoms in total. The van der Waals surface area contributed by atoms with Gasteiger partial charge in [0.2, 0.25) is 0 Å². The van der Waals surface area contributed by atoms with Gasteiger partial charge in [0.1, 0.15) is 12.1 Å². The second-order valence-corrected chi connectivity index (χ2v) is 6.95. The summed E-state index contributed by atoms with van der Waals surface area (Å²) < 4.78 is 1.93. The van der Waals surface area contributed by atoms with E-state index in [-0.39, 0.29) is 0 Å². The highest BCUT2D eigenvalue weighted by Crippen LogP contribution is 2.28. The molecule has 0 saturated carbocycles. The Labute approximate surface area is 142 Å². The second-order valence-electron chi connectivity index (χ2n) is 6.95. The fourth-order valence-electron chi connectivity index (χ4n) is 3.52. The van der Waals surface area contributed by atoms with E-state index in [0.717, 1.165) is 41.5 Å². The molecule has 124 valence electrons. The highest BCUT2D eigenvalue weighted by Gasteiger charge is 2.21. The minimum absolute atomic E-state index is 0.802. The lowest BCUT2D eigenvalue weighted by molar-refractivity contribution is 0.437. The number of aromatic nitrogens is 4. The fourth-order valence-corrected chi connectivity index (χ4v) is 3.52. The molecule has 2 aromatic heterocycles. The average Bonchev–Trinajstić information content (AvgIpc) is 3.00. The summed E-state index contributed by atoms with van der Waals surface area (Å²) in [6.45, 7) is 8.66. The molecule has 1 fully saturated rings. The summed E-state index contributed by atoms with van der Waals surface area (Å²) in [5.41, 5.74) is 4.41. The molecule has 0 N–H and O–H groups in total. The van der Waals surface area contributed by atoms with Gasteiger partial charge in [0.15, 0.2) is 5.65 Å². The van der Waals surface area contributed by atoms with E-state index in [0.29, 0.717) is 0 Å². The number of hydrogen-bond donors (Lipinski definition) is 0. The molecule has 3 aromatic rings. The Kier molecular flexibility index (Phi) is 3.71. The number of benzene rings is 1. The molecule has 3 heterocycles.